The molecule has 3 N–H and O–H groups in total. The molecule has 1 amide bonds. The lowest BCUT2D eigenvalue weighted by Crippen LogP contribution is -2.29. The predicted molar refractivity (Wildman–Crippen MR) is 145 cm³/mol. The molecule has 0 bridgehead atoms. The Labute approximate surface area is 218 Å². The van der Waals surface area contributed by atoms with Gasteiger partial charge < -0.3 is 11.1 Å². The Morgan fingerprint density at radius 2 is 1.79 bits per heavy atom. The normalized spacial score (nSPS) is 11.7. The second kappa shape index (κ2) is 9.52. The molecular formula is C29H22N8O. The first-order chi connectivity index (χ1) is 18.6. The zero-order valence-electron chi connectivity index (χ0n) is 20.4. The van der Waals surface area contributed by atoms with Crippen LogP contribution in [0.5, 0.6) is 0 Å². The van der Waals surface area contributed by atoms with Crippen molar-refractivity contribution in [1.29, 1.82) is 0 Å². The number of nitrogens with zero attached hydrogens (tertiary/aromatic N) is 6. The molecule has 6 aromatic rings. The quantitative estimate of drug-likeness (QED) is 0.356. The van der Waals surface area contributed by atoms with E-state index in [2.05, 4.69) is 32.2 Å². The van der Waals surface area contributed by atoms with Gasteiger partial charge in [0.25, 0.3) is 5.91 Å². The van der Waals surface area contributed by atoms with Crippen molar-refractivity contribution in [2.45, 2.75) is 13.0 Å². The molecule has 0 aliphatic carbocycles. The summed E-state index contributed by atoms with van der Waals surface area (Å²) in [6, 6.07) is 20.7. The van der Waals surface area contributed by atoms with Crippen LogP contribution in [-0.2, 0) is 0 Å². The van der Waals surface area contributed by atoms with Crippen LogP contribution in [0.3, 0.4) is 0 Å². The summed E-state index contributed by atoms with van der Waals surface area (Å²) in [6.45, 7) is 1.89. The topological polar surface area (TPSA) is 116 Å². The number of para-hydroxylation sites is 2. The number of rotatable bonds is 4. The van der Waals surface area contributed by atoms with Gasteiger partial charge in [0.05, 0.1) is 22.6 Å². The molecule has 4 aromatic heterocycles. The maximum atomic E-state index is 13.4. The second-order valence-electron chi connectivity index (χ2n) is 8.64. The molecule has 184 valence electrons. The van der Waals surface area contributed by atoms with Gasteiger partial charge in [-0.15, -0.1) is 5.10 Å². The van der Waals surface area contributed by atoms with Gasteiger partial charge >= 0.3 is 0 Å². The zero-order valence-corrected chi connectivity index (χ0v) is 20.4. The summed E-state index contributed by atoms with van der Waals surface area (Å²) in [5.74, 6) is 6.89. The number of hydrogen-bond donors (Lipinski definition) is 2. The molecule has 4 heterocycles. The van der Waals surface area contributed by atoms with E-state index in [1.165, 1.54) is 4.52 Å². The molecule has 2 aromatic carbocycles. The minimum atomic E-state index is -0.478. The Bertz CT molecular complexity index is 1850. The number of fused-ring (bicyclic) bond motifs is 2. The van der Waals surface area contributed by atoms with Crippen molar-refractivity contribution in [2.75, 3.05) is 5.73 Å². The molecule has 1 unspecified atom stereocenters. The third kappa shape index (κ3) is 4.10. The highest BCUT2D eigenvalue weighted by Crippen LogP contribution is 2.28. The highest BCUT2D eigenvalue weighted by molar-refractivity contribution is 6.04. The van der Waals surface area contributed by atoms with Crippen LogP contribution in [0.4, 0.5) is 5.82 Å². The molecule has 1 atom stereocenters. The highest BCUT2D eigenvalue weighted by atomic mass is 16.1. The average Bonchev–Trinajstić information content (AvgIpc) is 3.50. The monoisotopic (exact) mass is 498 g/mol. The van der Waals surface area contributed by atoms with Gasteiger partial charge in [-0.25, -0.2) is 14.5 Å². The van der Waals surface area contributed by atoms with Crippen LogP contribution >= 0.6 is 0 Å². The van der Waals surface area contributed by atoms with Crippen LogP contribution in [-0.4, -0.2) is 35.0 Å². The standard InChI is InChI=1S/C29H22N8O/c1-19(33-29(38)24-26(30)35-36-18-6-15-32-28(24)36)27-34-23-10-5-7-21(12-11-20-13-16-31-17-14-20)25(23)37(27)22-8-3-2-4-9-22/h2-10,13-19H,1H3,(H2,30,35)(H,33,38). The number of hydrogen-bond acceptors (Lipinski definition) is 6. The van der Waals surface area contributed by atoms with Crippen molar-refractivity contribution in [3.8, 4) is 17.5 Å². The lowest BCUT2D eigenvalue weighted by atomic mass is 10.1. The van der Waals surface area contributed by atoms with E-state index in [1.807, 2.05) is 72.2 Å². The fourth-order valence-corrected chi connectivity index (χ4v) is 4.40. The van der Waals surface area contributed by atoms with Crippen molar-refractivity contribution in [3.05, 3.63) is 114 Å². The van der Waals surface area contributed by atoms with Crippen molar-refractivity contribution in [2.24, 2.45) is 0 Å². The molecule has 0 saturated carbocycles. The number of pyridine rings is 1. The summed E-state index contributed by atoms with van der Waals surface area (Å²) in [5.41, 5.74) is 10.9. The Balaban J connectivity index is 1.45. The molecule has 0 spiro atoms. The Kier molecular flexibility index (Phi) is 5.75. The molecule has 0 aliphatic heterocycles. The van der Waals surface area contributed by atoms with Gasteiger partial charge in [0, 0.05) is 36.0 Å². The summed E-state index contributed by atoms with van der Waals surface area (Å²) in [5, 5.41) is 7.24. The number of carbonyl (C=O) groups excluding carboxylic acids is 1. The van der Waals surface area contributed by atoms with E-state index in [4.69, 9.17) is 10.7 Å². The lowest BCUT2D eigenvalue weighted by Gasteiger charge is -2.16. The first kappa shape index (κ1) is 22.9. The predicted octanol–water partition coefficient (Wildman–Crippen LogP) is 3.94. The number of aromatic nitrogens is 6. The summed E-state index contributed by atoms with van der Waals surface area (Å²) in [4.78, 5) is 26.6. The fraction of sp³-hybridized carbons (Fsp3) is 0.0690. The van der Waals surface area contributed by atoms with Crippen LogP contribution in [0.25, 0.3) is 22.4 Å². The second-order valence-corrected chi connectivity index (χ2v) is 8.64. The molecule has 0 saturated heterocycles. The van der Waals surface area contributed by atoms with E-state index in [9.17, 15) is 4.79 Å². The number of amides is 1. The maximum absolute atomic E-state index is 13.4. The van der Waals surface area contributed by atoms with Gasteiger partial charge in [0.1, 0.15) is 11.4 Å². The van der Waals surface area contributed by atoms with E-state index < -0.39 is 6.04 Å². The maximum Gasteiger partial charge on any atom is 0.259 e. The first-order valence-corrected chi connectivity index (χ1v) is 12.0. The van der Waals surface area contributed by atoms with E-state index in [0.717, 1.165) is 27.8 Å². The van der Waals surface area contributed by atoms with Crippen LogP contribution < -0.4 is 11.1 Å². The third-order valence-corrected chi connectivity index (χ3v) is 6.12. The van der Waals surface area contributed by atoms with Gasteiger partial charge in [0.2, 0.25) is 0 Å². The Hall–Kier alpha value is -5.49. The van der Waals surface area contributed by atoms with Gasteiger partial charge in [-0.1, -0.05) is 36.1 Å². The van der Waals surface area contributed by atoms with Crippen molar-refractivity contribution < 1.29 is 4.79 Å². The molecular weight excluding hydrogens is 476 g/mol. The SMILES string of the molecule is CC(NC(=O)c1c(N)nn2cccnc12)c1nc2cccc(C#Cc3ccncc3)c2n1-c1ccccc1. The number of nitrogens with two attached hydrogens (primary N) is 1. The van der Waals surface area contributed by atoms with Crippen molar-refractivity contribution in [1.82, 2.24) is 34.4 Å². The van der Waals surface area contributed by atoms with Gasteiger partial charge in [-0.3, -0.25) is 14.3 Å². The minimum Gasteiger partial charge on any atom is -0.381 e. The Morgan fingerprint density at radius 3 is 2.61 bits per heavy atom. The van der Waals surface area contributed by atoms with E-state index >= 15 is 0 Å². The largest absolute Gasteiger partial charge is 0.381 e. The Morgan fingerprint density at radius 1 is 0.974 bits per heavy atom. The summed E-state index contributed by atoms with van der Waals surface area (Å²) >= 11 is 0. The smallest absolute Gasteiger partial charge is 0.259 e. The number of anilines is 1. The van der Waals surface area contributed by atoms with Gasteiger partial charge in [-0.05, 0) is 49.4 Å². The van der Waals surface area contributed by atoms with Crippen molar-refractivity contribution >= 4 is 28.4 Å². The number of nitrogen functional groups attached to an aromatic ring is 1. The molecule has 38 heavy (non-hydrogen) atoms. The summed E-state index contributed by atoms with van der Waals surface area (Å²) in [7, 11) is 0. The molecule has 0 aliphatic rings. The highest BCUT2D eigenvalue weighted by Gasteiger charge is 2.25. The van der Waals surface area contributed by atoms with Crippen LogP contribution in [0.1, 0.15) is 40.3 Å². The van der Waals surface area contributed by atoms with Crippen molar-refractivity contribution in [3.63, 3.8) is 0 Å². The zero-order chi connectivity index (χ0) is 26.1. The first-order valence-electron chi connectivity index (χ1n) is 12.0. The minimum absolute atomic E-state index is 0.110. The van der Waals surface area contributed by atoms with Gasteiger partial charge in [-0.2, -0.15) is 0 Å². The van der Waals surface area contributed by atoms with Crippen LogP contribution in [0.15, 0.2) is 91.5 Å². The molecule has 0 radical (unpaired) electrons. The summed E-state index contributed by atoms with van der Waals surface area (Å²) < 4.78 is 3.52. The fourth-order valence-electron chi connectivity index (χ4n) is 4.40. The molecule has 6 rings (SSSR count). The molecule has 9 nitrogen and oxygen atoms in total. The van der Waals surface area contributed by atoms with E-state index in [0.29, 0.717) is 11.5 Å². The number of nitrogens with one attached hydrogen (secondary N) is 1. The third-order valence-electron chi connectivity index (χ3n) is 6.12. The number of imidazole rings is 1. The molecule has 9 heteroatoms. The number of carbonyl (C=O) groups is 1. The van der Waals surface area contributed by atoms with E-state index in [-0.39, 0.29) is 17.3 Å². The van der Waals surface area contributed by atoms with Gasteiger partial charge in [0.15, 0.2) is 11.5 Å². The van der Waals surface area contributed by atoms with Crippen LogP contribution in [0.2, 0.25) is 0 Å². The molecule has 0 fully saturated rings. The van der Waals surface area contributed by atoms with E-state index in [1.54, 1.807) is 30.9 Å². The lowest BCUT2D eigenvalue weighted by molar-refractivity contribution is 0.0940. The average molecular weight is 499 g/mol. The summed E-state index contributed by atoms with van der Waals surface area (Å²) in [6.07, 6.45) is 6.73. The van der Waals surface area contributed by atoms with Crippen LogP contribution in [0, 0.1) is 11.8 Å². The number of benzene rings is 2.